The van der Waals surface area contributed by atoms with Crippen LogP contribution in [0.4, 0.5) is 20.2 Å². The standard InChI is InChI=1S/C22H14F2N2O4S4/c23-15-11-17(25-33(27,28)21-9-13-5-1-3-7-19(13)31-21)18(12-16(15)24)26-34(29,30)22-10-14-6-2-4-8-20(14)32-22/h1-12,25-26H. The largest absolute Gasteiger partial charge is 0.277 e. The van der Waals surface area contributed by atoms with Crippen LogP contribution in [0.25, 0.3) is 20.2 Å². The first-order chi connectivity index (χ1) is 16.1. The van der Waals surface area contributed by atoms with Gasteiger partial charge in [-0.3, -0.25) is 9.44 Å². The van der Waals surface area contributed by atoms with Gasteiger partial charge >= 0.3 is 0 Å². The van der Waals surface area contributed by atoms with Crippen molar-refractivity contribution < 1.29 is 25.6 Å². The molecule has 5 aromatic rings. The third kappa shape index (κ3) is 4.25. The topological polar surface area (TPSA) is 92.3 Å². The van der Waals surface area contributed by atoms with Gasteiger partial charge in [0.1, 0.15) is 8.42 Å². The van der Waals surface area contributed by atoms with Gasteiger partial charge in [-0.15, -0.1) is 22.7 Å². The summed E-state index contributed by atoms with van der Waals surface area (Å²) in [6, 6.07) is 18.1. The van der Waals surface area contributed by atoms with Gasteiger partial charge < -0.3 is 0 Å². The van der Waals surface area contributed by atoms with Crippen LogP contribution in [0, 0.1) is 11.6 Å². The number of sulfonamides is 2. The van der Waals surface area contributed by atoms with E-state index in [9.17, 15) is 25.6 Å². The molecule has 6 nitrogen and oxygen atoms in total. The van der Waals surface area contributed by atoms with E-state index in [1.54, 1.807) is 48.5 Å². The zero-order valence-electron chi connectivity index (χ0n) is 17.0. The van der Waals surface area contributed by atoms with Gasteiger partial charge in [0, 0.05) is 21.5 Å². The normalized spacial score (nSPS) is 12.3. The number of nitrogens with one attached hydrogen (secondary N) is 2. The van der Waals surface area contributed by atoms with E-state index in [0.717, 1.165) is 32.1 Å². The minimum atomic E-state index is -4.22. The summed E-state index contributed by atoms with van der Waals surface area (Å²) in [4.78, 5) is 0. The number of hydrogen-bond donors (Lipinski definition) is 2. The summed E-state index contributed by atoms with van der Waals surface area (Å²) in [6.45, 7) is 0. The van der Waals surface area contributed by atoms with Crippen molar-refractivity contribution in [3.8, 4) is 0 Å². The van der Waals surface area contributed by atoms with Crippen molar-refractivity contribution in [3.05, 3.63) is 84.4 Å². The van der Waals surface area contributed by atoms with Crippen LogP contribution < -0.4 is 9.44 Å². The van der Waals surface area contributed by atoms with Gasteiger partial charge in [0.05, 0.1) is 11.4 Å². The number of thiophene rings is 2. The van der Waals surface area contributed by atoms with Crippen molar-refractivity contribution in [2.75, 3.05) is 9.44 Å². The number of fused-ring (bicyclic) bond motifs is 2. The molecule has 2 aromatic heterocycles. The second-order valence-electron chi connectivity index (χ2n) is 7.23. The lowest BCUT2D eigenvalue weighted by Gasteiger charge is -2.14. The van der Waals surface area contributed by atoms with Crippen LogP contribution in [0.3, 0.4) is 0 Å². The molecule has 174 valence electrons. The molecule has 5 rings (SSSR count). The Labute approximate surface area is 201 Å². The highest BCUT2D eigenvalue weighted by molar-refractivity contribution is 7.95. The van der Waals surface area contributed by atoms with Crippen molar-refractivity contribution in [1.29, 1.82) is 0 Å². The van der Waals surface area contributed by atoms with Crippen molar-refractivity contribution in [2.24, 2.45) is 0 Å². The molecule has 0 fully saturated rings. The minimum Gasteiger partial charge on any atom is -0.277 e. The lowest BCUT2D eigenvalue weighted by atomic mass is 10.2. The Bertz CT molecular complexity index is 1580. The summed E-state index contributed by atoms with van der Waals surface area (Å²) >= 11 is 1.99. The lowest BCUT2D eigenvalue weighted by Crippen LogP contribution is -2.17. The van der Waals surface area contributed by atoms with Crippen molar-refractivity contribution in [1.82, 2.24) is 0 Å². The smallest absolute Gasteiger partial charge is 0.271 e. The monoisotopic (exact) mass is 536 g/mol. The first-order valence-corrected chi connectivity index (χ1v) is 14.2. The highest BCUT2D eigenvalue weighted by Gasteiger charge is 2.24. The molecule has 0 aliphatic rings. The second-order valence-corrected chi connectivity index (χ2v) is 13.2. The number of hydrogen-bond acceptors (Lipinski definition) is 6. The number of anilines is 2. The highest BCUT2D eigenvalue weighted by Crippen LogP contribution is 2.35. The predicted octanol–water partition coefficient (Wildman–Crippen LogP) is 6.00. The molecule has 0 saturated heterocycles. The summed E-state index contributed by atoms with van der Waals surface area (Å²) in [5.41, 5.74) is -0.887. The van der Waals surface area contributed by atoms with E-state index in [2.05, 4.69) is 9.44 Å². The molecule has 34 heavy (non-hydrogen) atoms. The first-order valence-electron chi connectivity index (χ1n) is 9.64. The van der Waals surface area contributed by atoms with Gasteiger partial charge in [0.25, 0.3) is 20.0 Å². The number of halogens is 2. The van der Waals surface area contributed by atoms with Crippen LogP contribution in [-0.4, -0.2) is 16.8 Å². The molecule has 2 heterocycles. The maximum atomic E-state index is 14.0. The predicted molar refractivity (Wildman–Crippen MR) is 132 cm³/mol. The van der Waals surface area contributed by atoms with Crippen molar-refractivity contribution in [2.45, 2.75) is 8.42 Å². The quantitative estimate of drug-likeness (QED) is 0.279. The molecule has 0 saturated carbocycles. The SMILES string of the molecule is O=S(=O)(Nc1cc(F)c(F)cc1NS(=O)(=O)c1cc2ccccc2s1)c1cc2ccccc2s1. The highest BCUT2D eigenvalue weighted by atomic mass is 32.3. The lowest BCUT2D eigenvalue weighted by molar-refractivity contribution is 0.509. The van der Waals surface area contributed by atoms with Crippen LogP contribution >= 0.6 is 22.7 Å². The molecule has 0 spiro atoms. The number of rotatable bonds is 6. The molecule has 3 aromatic carbocycles. The van der Waals surface area contributed by atoms with E-state index < -0.39 is 43.1 Å². The first kappa shape index (κ1) is 22.7. The summed E-state index contributed by atoms with van der Waals surface area (Å²) < 4.78 is 85.7. The van der Waals surface area contributed by atoms with E-state index in [1.807, 2.05) is 0 Å². The fourth-order valence-corrected chi connectivity index (χ4v) is 8.22. The Balaban J connectivity index is 1.53. The van der Waals surface area contributed by atoms with E-state index in [0.29, 0.717) is 22.9 Å². The zero-order chi connectivity index (χ0) is 24.1. The average Bonchev–Trinajstić information content (AvgIpc) is 3.42. The Kier molecular flexibility index (Phi) is 5.55. The maximum absolute atomic E-state index is 14.0. The Morgan fingerprint density at radius 2 is 0.971 bits per heavy atom. The fourth-order valence-electron chi connectivity index (χ4n) is 3.29. The molecule has 0 bridgehead atoms. The van der Waals surface area contributed by atoms with Crippen LogP contribution in [0.1, 0.15) is 0 Å². The van der Waals surface area contributed by atoms with Gasteiger partial charge in [0.2, 0.25) is 0 Å². The summed E-state index contributed by atoms with van der Waals surface area (Å²) in [7, 11) is -8.44. The van der Waals surface area contributed by atoms with E-state index in [1.165, 1.54) is 12.1 Å². The molecule has 0 atom stereocenters. The molecule has 0 amide bonds. The van der Waals surface area contributed by atoms with Crippen LogP contribution in [-0.2, 0) is 20.0 Å². The molecular weight excluding hydrogens is 523 g/mol. The third-order valence-corrected chi connectivity index (χ3v) is 10.8. The van der Waals surface area contributed by atoms with Crippen molar-refractivity contribution >= 4 is 74.3 Å². The van der Waals surface area contributed by atoms with Crippen LogP contribution in [0.5, 0.6) is 0 Å². The van der Waals surface area contributed by atoms with Crippen LogP contribution in [0.2, 0.25) is 0 Å². The molecule has 0 unspecified atom stereocenters. The van der Waals surface area contributed by atoms with E-state index in [-0.39, 0.29) is 8.42 Å². The zero-order valence-corrected chi connectivity index (χ0v) is 20.2. The Morgan fingerprint density at radius 3 is 1.35 bits per heavy atom. The molecule has 2 N–H and O–H groups in total. The van der Waals surface area contributed by atoms with Gasteiger partial charge in [0.15, 0.2) is 11.6 Å². The second kappa shape index (κ2) is 8.31. The molecule has 12 heteroatoms. The summed E-state index contributed by atoms with van der Waals surface area (Å²) in [6.07, 6.45) is 0. The van der Waals surface area contributed by atoms with E-state index in [4.69, 9.17) is 0 Å². The summed E-state index contributed by atoms with van der Waals surface area (Å²) in [5, 5.41) is 1.40. The molecular formula is C22H14F2N2O4S4. The van der Waals surface area contributed by atoms with Gasteiger partial charge in [-0.2, -0.15) is 0 Å². The third-order valence-electron chi connectivity index (χ3n) is 4.88. The minimum absolute atomic E-state index is 0.0586. The average molecular weight is 537 g/mol. The maximum Gasteiger partial charge on any atom is 0.271 e. The van der Waals surface area contributed by atoms with Gasteiger partial charge in [-0.05, 0) is 35.0 Å². The fraction of sp³-hybridized carbons (Fsp3) is 0. The molecule has 0 radical (unpaired) electrons. The molecule has 0 aliphatic carbocycles. The number of benzene rings is 3. The Hall–Kier alpha value is -3.06. The van der Waals surface area contributed by atoms with Crippen LogP contribution in [0.15, 0.2) is 81.2 Å². The van der Waals surface area contributed by atoms with Crippen molar-refractivity contribution in [3.63, 3.8) is 0 Å². The molecule has 0 aliphatic heterocycles. The summed E-state index contributed by atoms with van der Waals surface area (Å²) in [5.74, 6) is -2.67. The van der Waals surface area contributed by atoms with Gasteiger partial charge in [-0.1, -0.05) is 36.4 Å². The Morgan fingerprint density at radius 1 is 0.588 bits per heavy atom. The van der Waals surface area contributed by atoms with Gasteiger partial charge in [-0.25, -0.2) is 25.6 Å². The van der Waals surface area contributed by atoms with E-state index >= 15 is 0 Å².